The van der Waals surface area contributed by atoms with Gasteiger partial charge in [-0.25, -0.2) is 15.3 Å². The second-order valence-corrected chi connectivity index (χ2v) is 4.20. The molecule has 3 N–H and O–H groups in total. The van der Waals surface area contributed by atoms with Gasteiger partial charge in [-0.3, -0.25) is 14.8 Å². The molecule has 0 saturated heterocycles. The fourth-order valence-electron chi connectivity index (χ4n) is 1.80. The van der Waals surface area contributed by atoms with Gasteiger partial charge in [0.2, 0.25) is 5.91 Å². The Morgan fingerprint density at radius 2 is 2.05 bits per heavy atom. The zero-order valence-electron chi connectivity index (χ0n) is 10.5. The molecular formula is C12H15N5O2. The van der Waals surface area contributed by atoms with E-state index >= 15 is 0 Å². The Labute approximate surface area is 109 Å². The minimum Gasteiger partial charge on any atom is -0.294 e. The van der Waals surface area contributed by atoms with Crippen LogP contribution in [-0.4, -0.2) is 20.3 Å². The Morgan fingerprint density at radius 1 is 1.37 bits per heavy atom. The van der Waals surface area contributed by atoms with Crippen molar-refractivity contribution >= 4 is 5.91 Å². The molecular weight excluding hydrogens is 246 g/mol. The lowest BCUT2D eigenvalue weighted by atomic mass is 10.0. The van der Waals surface area contributed by atoms with Crippen LogP contribution in [0.3, 0.4) is 0 Å². The van der Waals surface area contributed by atoms with E-state index in [1.165, 1.54) is 15.6 Å². The van der Waals surface area contributed by atoms with Crippen LogP contribution in [0.25, 0.3) is 0 Å². The van der Waals surface area contributed by atoms with Gasteiger partial charge in [0.05, 0.1) is 13.0 Å². The van der Waals surface area contributed by atoms with Crippen LogP contribution in [0.2, 0.25) is 0 Å². The highest BCUT2D eigenvalue weighted by Gasteiger charge is 2.09. The fraction of sp³-hybridized carbons (Fsp3) is 0.250. The minimum absolute atomic E-state index is 0.175. The lowest BCUT2D eigenvalue weighted by Crippen LogP contribution is -2.32. The summed E-state index contributed by atoms with van der Waals surface area (Å²) in [6.07, 6.45) is 1.63. The van der Waals surface area contributed by atoms with E-state index in [4.69, 9.17) is 5.84 Å². The van der Waals surface area contributed by atoms with Crippen LogP contribution in [0.15, 0.2) is 35.4 Å². The predicted octanol–water partition coefficient (Wildman–Crippen LogP) is -0.837. The number of nitrogens with zero attached hydrogens (tertiary/aromatic N) is 3. The molecule has 0 spiro atoms. The maximum absolute atomic E-state index is 11.7. The van der Waals surface area contributed by atoms with Gasteiger partial charge in [-0.05, 0) is 11.1 Å². The number of aromatic nitrogens is 3. The third-order valence-electron chi connectivity index (χ3n) is 2.84. The number of nitrogens with one attached hydrogen (secondary N) is 1. The Kier molecular flexibility index (Phi) is 3.76. The van der Waals surface area contributed by atoms with E-state index in [0.29, 0.717) is 6.54 Å². The summed E-state index contributed by atoms with van der Waals surface area (Å²) >= 11 is 0. The van der Waals surface area contributed by atoms with E-state index in [1.807, 2.05) is 24.3 Å². The van der Waals surface area contributed by atoms with E-state index in [9.17, 15) is 9.59 Å². The fourth-order valence-corrected chi connectivity index (χ4v) is 1.80. The highest BCUT2D eigenvalue weighted by molar-refractivity contribution is 5.78. The van der Waals surface area contributed by atoms with E-state index < -0.39 is 0 Å². The van der Waals surface area contributed by atoms with Crippen LogP contribution in [0, 0.1) is 0 Å². The van der Waals surface area contributed by atoms with Crippen molar-refractivity contribution < 1.29 is 4.79 Å². The highest BCUT2D eigenvalue weighted by atomic mass is 16.2. The summed E-state index contributed by atoms with van der Waals surface area (Å²) in [4.78, 5) is 23.1. The largest absolute Gasteiger partial charge is 0.345 e. The third-order valence-corrected chi connectivity index (χ3v) is 2.84. The SMILES string of the molecule is Cn1cnn(Cc2ccccc2CC(=O)NN)c1=O. The topological polar surface area (TPSA) is 94.9 Å². The summed E-state index contributed by atoms with van der Waals surface area (Å²) in [6.45, 7) is 0.327. The predicted molar refractivity (Wildman–Crippen MR) is 69.0 cm³/mol. The Bertz CT molecular complexity index is 644. The Hall–Kier alpha value is -2.41. The molecule has 7 nitrogen and oxygen atoms in total. The zero-order valence-corrected chi connectivity index (χ0v) is 10.5. The van der Waals surface area contributed by atoms with Crippen LogP contribution in [-0.2, 0) is 24.8 Å². The number of nitrogens with two attached hydrogens (primary N) is 1. The van der Waals surface area contributed by atoms with Crippen molar-refractivity contribution in [2.24, 2.45) is 12.9 Å². The molecule has 0 unspecified atom stereocenters. The van der Waals surface area contributed by atoms with Gasteiger partial charge in [0.25, 0.3) is 0 Å². The monoisotopic (exact) mass is 261 g/mol. The quantitative estimate of drug-likeness (QED) is 0.426. The molecule has 1 amide bonds. The molecule has 7 heteroatoms. The molecule has 1 heterocycles. The molecule has 2 rings (SSSR count). The van der Waals surface area contributed by atoms with Crippen LogP contribution < -0.4 is 17.0 Å². The number of hydrogen-bond acceptors (Lipinski definition) is 4. The van der Waals surface area contributed by atoms with E-state index in [1.54, 1.807) is 7.05 Å². The van der Waals surface area contributed by atoms with Crippen molar-refractivity contribution in [2.45, 2.75) is 13.0 Å². The van der Waals surface area contributed by atoms with Crippen LogP contribution >= 0.6 is 0 Å². The van der Waals surface area contributed by atoms with Gasteiger partial charge in [-0.1, -0.05) is 24.3 Å². The number of hydrogen-bond donors (Lipinski definition) is 2. The molecule has 19 heavy (non-hydrogen) atoms. The van der Waals surface area contributed by atoms with Crippen LogP contribution in [0.1, 0.15) is 11.1 Å². The number of carbonyl (C=O) groups excluding carboxylic acids is 1. The van der Waals surface area contributed by atoms with Crippen molar-refractivity contribution in [1.82, 2.24) is 19.8 Å². The number of benzene rings is 1. The average molecular weight is 261 g/mol. The van der Waals surface area contributed by atoms with Gasteiger partial charge in [-0.15, -0.1) is 0 Å². The minimum atomic E-state index is -0.277. The van der Waals surface area contributed by atoms with E-state index in [0.717, 1.165) is 11.1 Å². The number of amides is 1. The smallest absolute Gasteiger partial charge is 0.294 e. The van der Waals surface area contributed by atoms with Gasteiger partial charge < -0.3 is 0 Å². The van der Waals surface area contributed by atoms with Gasteiger partial charge >= 0.3 is 5.69 Å². The van der Waals surface area contributed by atoms with E-state index in [-0.39, 0.29) is 18.0 Å². The molecule has 0 radical (unpaired) electrons. The molecule has 1 aromatic heterocycles. The van der Waals surface area contributed by atoms with Gasteiger partial charge in [-0.2, -0.15) is 5.10 Å². The van der Waals surface area contributed by atoms with Crippen molar-refractivity contribution in [3.8, 4) is 0 Å². The summed E-state index contributed by atoms with van der Waals surface area (Å²) in [6, 6.07) is 7.38. The summed E-state index contributed by atoms with van der Waals surface area (Å²) in [5, 5.41) is 3.99. The molecule has 100 valence electrons. The van der Waals surface area contributed by atoms with Gasteiger partial charge in [0, 0.05) is 7.05 Å². The zero-order chi connectivity index (χ0) is 13.8. The molecule has 2 aromatic rings. The van der Waals surface area contributed by atoms with Crippen molar-refractivity contribution in [3.05, 3.63) is 52.2 Å². The third kappa shape index (κ3) is 2.89. The molecule has 0 aliphatic rings. The second-order valence-electron chi connectivity index (χ2n) is 4.20. The van der Waals surface area contributed by atoms with Crippen molar-refractivity contribution in [3.63, 3.8) is 0 Å². The molecule has 0 fully saturated rings. The number of hydrazine groups is 1. The molecule has 0 bridgehead atoms. The van der Waals surface area contributed by atoms with Gasteiger partial charge in [0.15, 0.2) is 0 Å². The highest BCUT2D eigenvalue weighted by Crippen LogP contribution is 2.10. The molecule has 0 aliphatic carbocycles. The average Bonchev–Trinajstić information content (AvgIpc) is 2.73. The second kappa shape index (κ2) is 5.49. The van der Waals surface area contributed by atoms with Gasteiger partial charge in [0.1, 0.15) is 6.33 Å². The Morgan fingerprint density at radius 3 is 2.63 bits per heavy atom. The maximum Gasteiger partial charge on any atom is 0.345 e. The molecule has 0 aliphatic heterocycles. The summed E-state index contributed by atoms with van der Waals surface area (Å²) < 4.78 is 2.74. The first-order chi connectivity index (χ1) is 9.11. The molecule has 0 atom stereocenters. The van der Waals surface area contributed by atoms with Crippen LogP contribution in [0.4, 0.5) is 0 Å². The molecule has 1 aromatic carbocycles. The van der Waals surface area contributed by atoms with Crippen LogP contribution in [0.5, 0.6) is 0 Å². The lowest BCUT2D eigenvalue weighted by molar-refractivity contribution is -0.120. The first kappa shape index (κ1) is 13.0. The number of rotatable bonds is 4. The Balaban J connectivity index is 2.27. The normalized spacial score (nSPS) is 10.4. The molecule has 0 saturated carbocycles. The summed E-state index contributed by atoms with van der Waals surface area (Å²) in [5.41, 5.74) is 3.59. The van der Waals surface area contributed by atoms with Crippen molar-refractivity contribution in [1.29, 1.82) is 0 Å². The number of aryl methyl sites for hydroxylation is 1. The standard InChI is InChI=1S/C12H15N5O2/c1-16-8-14-17(12(16)19)7-10-5-3-2-4-9(10)6-11(18)15-13/h2-5,8H,6-7,13H2,1H3,(H,15,18). The van der Waals surface area contributed by atoms with Crippen molar-refractivity contribution in [2.75, 3.05) is 0 Å². The summed E-state index contributed by atoms with van der Waals surface area (Å²) in [7, 11) is 1.64. The first-order valence-corrected chi connectivity index (χ1v) is 5.76. The lowest BCUT2D eigenvalue weighted by Gasteiger charge is -2.08. The van der Waals surface area contributed by atoms with E-state index in [2.05, 4.69) is 10.5 Å². The first-order valence-electron chi connectivity index (χ1n) is 5.76. The number of carbonyl (C=O) groups is 1. The maximum atomic E-state index is 11.7. The summed E-state index contributed by atoms with van der Waals surface area (Å²) in [5.74, 6) is 4.80.